The van der Waals surface area contributed by atoms with E-state index in [1.54, 1.807) is 0 Å². The minimum absolute atomic E-state index is 0. The van der Waals surface area contributed by atoms with Crippen LogP contribution in [0.1, 0.15) is 21.3 Å². The van der Waals surface area contributed by atoms with Crippen LogP contribution < -0.4 is 0 Å². The third-order valence-electron chi connectivity index (χ3n) is 0. The molecule has 0 aliphatic rings. The Morgan fingerprint density at radius 1 is 0.140 bits per heavy atom. The summed E-state index contributed by atoms with van der Waals surface area (Å²) in [5.41, 5.74) is 0. The average molecular weight is 4630 g/mol. The fourth-order valence-electron chi connectivity index (χ4n) is 0. The molecule has 2 N–H and O–H groups in total. The van der Waals surface area contributed by atoms with Gasteiger partial charge in [0.15, 0.2) is 5.79 Å². The first-order valence-electron chi connectivity index (χ1n) is 1.45. The molecule has 0 saturated carbocycles. The third kappa shape index (κ3) is 431. The van der Waals surface area contributed by atoms with Gasteiger partial charge in [0.05, 0.1) is 0 Å². The van der Waals surface area contributed by atoms with Gasteiger partial charge in [-0.15, -0.1) is 0 Å². The van der Waals surface area contributed by atoms with E-state index in [9.17, 15) is 0 Å². The summed E-state index contributed by atoms with van der Waals surface area (Å²) in [6.07, 6.45) is 0. The molecule has 57 heavy (non-hydrogen) atoms. The van der Waals surface area contributed by atoms with Gasteiger partial charge in [0.25, 0.3) is 0 Å². The van der Waals surface area contributed by atoms with E-state index >= 15 is 0 Å². The van der Waals surface area contributed by atoms with E-state index in [-0.39, 0.29) is 1680 Å². The molecular formula is C4H12O2Y51. The summed E-state index contributed by atoms with van der Waals surface area (Å²) in [7, 11) is 0. The van der Waals surface area contributed by atoms with Gasteiger partial charge in [-0.1, -0.05) is 7.43 Å². The molecule has 2 nitrogen and oxygen atoms in total. The first kappa shape index (κ1) is 393. The monoisotopic (exact) mass is 4630 g/mol. The van der Waals surface area contributed by atoms with E-state index in [2.05, 4.69) is 0 Å². The second-order valence-corrected chi connectivity index (χ2v) is 1.49. The molecule has 0 unspecified atom stereocenters. The van der Waals surface area contributed by atoms with Crippen LogP contribution in [0.3, 0.4) is 0 Å². The summed E-state index contributed by atoms with van der Waals surface area (Å²) < 4.78 is 0. The summed E-state index contributed by atoms with van der Waals surface area (Å²) in [4.78, 5) is 0. The van der Waals surface area contributed by atoms with Crippen molar-refractivity contribution in [2.24, 2.45) is 0 Å². The summed E-state index contributed by atoms with van der Waals surface area (Å²) in [6, 6.07) is 0. The van der Waals surface area contributed by atoms with Crippen LogP contribution in [0.15, 0.2) is 0 Å². The van der Waals surface area contributed by atoms with E-state index in [1.807, 2.05) is 0 Å². The van der Waals surface area contributed by atoms with Crippen molar-refractivity contribution in [2.75, 3.05) is 0 Å². The Balaban J connectivity index is -0.0000000000603. The van der Waals surface area contributed by atoms with Crippen LogP contribution >= 0.6 is 0 Å². The number of aliphatic hydroxyl groups is 2. The molecular weight excluding hydrogens is 4610 g/mol. The average Bonchev–Trinajstić information content (AvgIpc) is 0.722. The number of hydrogen-bond acceptors (Lipinski definition) is 2. The van der Waals surface area contributed by atoms with E-state index in [1.165, 1.54) is 13.8 Å². The number of hydrogen-bond donors (Lipinski definition) is 2. The molecule has 0 aromatic carbocycles. The van der Waals surface area contributed by atoms with Crippen molar-refractivity contribution in [1.29, 1.82) is 0 Å². The molecule has 0 aromatic rings. The molecule has 0 spiro atoms. The smallest absolute Gasteiger partial charge is 0.156 e. The first-order chi connectivity index (χ1) is 2.00. The van der Waals surface area contributed by atoms with Crippen LogP contribution in [0.4, 0.5) is 0 Å². The van der Waals surface area contributed by atoms with Crippen molar-refractivity contribution < 1.29 is 1680 Å². The fraction of sp³-hybridized carbons (Fsp3) is 1.00. The van der Waals surface area contributed by atoms with Crippen molar-refractivity contribution in [3.8, 4) is 0 Å². The standard InChI is InChI=1S/C3H8O2.CH4.51Y/c1-3(2,4)5;;;;;;;;;;;;;;;;;;;;;;;;;;;;;;;;;;;;;;;;;;;;;;;;;;;;/h4-5H,1-2H3;1H4;;;;;;;;;;;;;;;;;;;;;;;;;;;;;;;;;;;;;;;;;;;;;;;;;;;. The Morgan fingerprint density at radius 2 is 0.140 bits per heavy atom. The molecule has 0 aromatic heterocycles. The summed E-state index contributed by atoms with van der Waals surface area (Å²) in [5, 5.41) is 16.2. The van der Waals surface area contributed by atoms with Gasteiger partial charge >= 0.3 is 0 Å². The molecule has 51 radical (unpaired) electrons. The minimum atomic E-state index is -1.50. The Kier molecular flexibility index (Phi) is 2470. The van der Waals surface area contributed by atoms with Gasteiger partial charge in [0.2, 0.25) is 0 Å². The summed E-state index contributed by atoms with van der Waals surface area (Å²) in [5.74, 6) is -1.50. The van der Waals surface area contributed by atoms with Gasteiger partial charge in [-0.05, 0) is 13.8 Å². The fourth-order valence-corrected chi connectivity index (χ4v) is 0. The van der Waals surface area contributed by atoms with Crippen LogP contribution in [0.5, 0.6) is 0 Å². The predicted molar refractivity (Wildman–Crippen MR) is 25.2 cm³/mol. The Hall–Kier alpha value is 56.2. The zero-order chi connectivity index (χ0) is 4.50. The molecule has 0 saturated heterocycles. The molecule has 53 heteroatoms. The van der Waals surface area contributed by atoms with E-state index in [0.29, 0.717) is 0 Å². The summed E-state index contributed by atoms with van der Waals surface area (Å²) in [6.45, 7) is 2.60. The SMILES string of the molecule is C.CC(C)(O)O.[Y].[Y].[Y].[Y].[Y].[Y].[Y].[Y].[Y].[Y].[Y].[Y].[Y].[Y].[Y].[Y].[Y].[Y].[Y].[Y].[Y].[Y].[Y].[Y].[Y].[Y].[Y].[Y].[Y].[Y].[Y].[Y].[Y].[Y].[Y].[Y].[Y].[Y].[Y].[Y].[Y].[Y].[Y].[Y].[Y].[Y].[Y].[Y].[Y].[Y].[Y]. The Labute approximate surface area is 1640 Å². The van der Waals surface area contributed by atoms with Gasteiger partial charge < -0.3 is 10.2 Å². The second-order valence-electron chi connectivity index (χ2n) is 1.49. The largest absolute Gasteiger partial charge is 0.366 e. The zero-order valence-electron chi connectivity index (χ0n) is 32.8. The van der Waals surface area contributed by atoms with Gasteiger partial charge in [-0.3, -0.25) is 0 Å². The maximum Gasteiger partial charge on any atom is 0.156 e. The van der Waals surface area contributed by atoms with Crippen LogP contribution in [0, 0.1) is 0 Å². The predicted octanol–water partition coefficient (Wildman–Crippen LogP) is 0.216. The van der Waals surface area contributed by atoms with Crippen molar-refractivity contribution in [3.63, 3.8) is 0 Å². The van der Waals surface area contributed by atoms with Crippen molar-refractivity contribution >= 4 is 0 Å². The van der Waals surface area contributed by atoms with Gasteiger partial charge in [0, 0.05) is 1670 Å². The maximum atomic E-state index is 8.08. The molecule has 0 fully saturated rings. The molecule has 0 rings (SSSR count). The van der Waals surface area contributed by atoms with Gasteiger partial charge in [-0.2, -0.15) is 0 Å². The van der Waals surface area contributed by atoms with Crippen molar-refractivity contribution in [2.45, 2.75) is 27.1 Å². The van der Waals surface area contributed by atoms with Crippen molar-refractivity contribution in [1.82, 2.24) is 0 Å². The molecule has 0 bridgehead atoms. The number of rotatable bonds is 0. The normalized spacial score (nSPS) is 1.05. The molecule has 0 aliphatic heterocycles. The Bertz CT molecular complexity index is 48.7. The minimum Gasteiger partial charge on any atom is -0.366 e. The van der Waals surface area contributed by atoms with Crippen LogP contribution in [-0.4, -0.2) is 16.0 Å². The van der Waals surface area contributed by atoms with Crippen LogP contribution in [0.25, 0.3) is 0 Å². The van der Waals surface area contributed by atoms with E-state index in [4.69, 9.17) is 10.2 Å². The zero-order valence-corrected chi connectivity index (χ0v) is 178. The molecule has 0 aliphatic carbocycles. The first-order valence-corrected chi connectivity index (χ1v) is 1.45. The van der Waals surface area contributed by atoms with Gasteiger partial charge in [0.1, 0.15) is 0 Å². The van der Waals surface area contributed by atoms with Crippen LogP contribution in [0.2, 0.25) is 0 Å². The van der Waals surface area contributed by atoms with E-state index < -0.39 is 5.79 Å². The molecule has 0 heterocycles. The second kappa shape index (κ2) is 359. The van der Waals surface area contributed by atoms with E-state index in [0.717, 1.165) is 0 Å². The Morgan fingerprint density at radius 3 is 0.140 bits per heavy atom. The quantitative estimate of drug-likeness (QED) is 0.342. The van der Waals surface area contributed by atoms with Crippen LogP contribution in [-0.2, 0) is 1670 Å². The molecule has 193 valence electrons. The van der Waals surface area contributed by atoms with Crippen molar-refractivity contribution in [3.05, 3.63) is 0 Å². The molecule has 0 amide bonds. The summed E-state index contributed by atoms with van der Waals surface area (Å²) >= 11 is 0. The maximum absolute atomic E-state index is 8.08. The topological polar surface area (TPSA) is 40.5 Å². The van der Waals surface area contributed by atoms with Gasteiger partial charge in [-0.25, -0.2) is 0 Å². The third-order valence-corrected chi connectivity index (χ3v) is 0. The molecule has 0 atom stereocenters.